The van der Waals surface area contributed by atoms with Gasteiger partial charge in [0.25, 0.3) is 5.91 Å². The van der Waals surface area contributed by atoms with Crippen molar-refractivity contribution in [2.75, 3.05) is 31.1 Å². The van der Waals surface area contributed by atoms with Crippen LogP contribution < -0.4 is 4.90 Å². The summed E-state index contributed by atoms with van der Waals surface area (Å²) in [5.74, 6) is -1.06. The second kappa shape index (κ2) is 8.94. The third-order valence-electron chi connectivity index (χ3n) is 8.41. The molecule has 2 aromatic carbocycles. The van der Waals surface area contributed by atoms with Gasteiger partial charge in [0, 0.05) is 36.3 Å². The lowest BCUT2D eigenvalue weighted by atomic mass is 9.72. The van der Waals surface area contributed by atoms with Gasteiger partial charge in [-0.25, -0.2) is 4.39 Å². The Labute approximate surface area is 218 Å². The molecular formula is C28H27FN6O3. The SMILES string of the molecule is Cc1c(F)ccc2c1C1(CCN(C(=O)c3ccc4[nH]ncc4c3)CC1)C(=O)N2CC(=O)N1CCCC1C#N. The zero-order valence-corrected chi connectivity index (χ0v) is 21.0. The van der Waals surface area contributed by atoms with Gasteiger partial charge in [-0.1, -0.05) is 0 Å². The smallest absolute Gasteiger partial charge is 0.253 e. The standard InChI is InChI=1S/C28H27FN6O3/c1-17-21(29)5-7-23-25(17)28(27(38)35(23)16-24(36)34-10-2-3-20(34)14-30)8-11-33(12-9-28)26(37)18-4-6-22-19(13-18)15-31-32-22/h4-7,13,15,20H,2-3,8-12,16H2,1H3,(H,31,32). The van der Waals surface area contributed by atoms with Crippen LogP contribution in [0.3, 0.4) is 0 Å². The Morgan fingerprint density at radius 3 is 2.76 bits per heavy atom. The lowest BCUT2D eigenvalue weighted by molar-refractivity contribution is -0.132. The highest BCUT2D eigenvalue weighted by Gasteiger charge is 2.54. The van der Waals surface area contributed by atoms with Gasteiger partial charge in [-0.05, 0) is 74.1 Å². The Hall–Kier alpha value is -4.26. The fourth-order valence-corrected chi connectivity index (χ4v) is 6.37. The summed E-state index contributed by atoms with van der Waals surface area (Å²) in [5, 5.41) is 17.1. The zero-order chi connectivity index (χ0) is 26.6. The maximum Gasteiger partial charge on any atom is 0.253 e. The van der Waals surface area contributed by atoms with Crippen LogP contribution in [0.15, 0.2) is 36.5 Å². The van der Waals surface area contributed by atoms with Crippen molar-refractivity contribution in [2.45, 2.75) is 44.1 Å². The Balaban J connectivity index is 1.27. The van der Waals surface area contributed by atoms with E-state index < -0.39 is 17.3 Å². The number of hydrogen-bond donors (Lipinski definition) is 1. The molecule has 3 aliphatic heterocycles. The van der Waals surface area contributed by atoms with Gasteiger partial charge in [0.15, 0.2) is 0 Å². The summed E-state index contributed by atoms with van der Waals surface area (Å²) in [5.41, 5.74) is 1.93. The first-order valence-corrected chi connectivity index (χ1v) is 12.9. The lowest BCUT2D eigenvalue weighted by Crippen LogP contribution is -2.52. The molecule has 38 heavy (non-hydrogen) atoms. The largest absolute Gasteiger partial charge is 0.339 e. The highest BCUT2D eigenvalue weighted by atomic mass is 19.1. The van der Waals surface area contributed by atoms with Crippen LogP contribution in [0.4, 0.5) is 10.1 Å². The first kappa shape index (κ1) is 24.1. The van der Waals surface area contributed by atoms with Crippen molar-refractivity contribution in [3.05, 3.63) is 59.0 Å². The van der Waals surface area contributed by atoms with E-state index in [1.54, 1.807) is 36.2 Å². The Bertz CT molecular complexity index is 1520. The minimum Gasteiger partial charge on any atom is -0.339 e. The average molecular weight is 515 g/mol. The summed E-state index contributed by atoms with van der Waals surface area (Å²) in [4.78, 5) is 45.2. The number of carbonyl (C=O) groups is 3. The molecule has 2 fully saturated rings. The number of rotatable bonds is 3. The number of H-pyrrole nitrogens is 1. The predicted molar refractivity (Wildman–Crippen MR) is 137 cm³/mol. The zero-order valence-electron chi connectivity index (χ0n) is 21.0. The van der Waals surface area contributed by atoms with E-state index in [2.05, 4.69) is 16.3 Å². The van der Waals surface area contributed by atoms with Crippen LogP contribution in [0.1, 0.15) is 47.2 Å². The number of benzene rings is 2. The molecule has 10 heteroatoms. The van der Waals surface area contributed by atoms with E-state index in [0.717, 1.165) is 17.3 Å². The van der Waals surface area contributed by atoms with E-state index in [1.165, 1.54) is 15.9 Å². The minimum atomic E-state index is -1.01. The van der Waals surface area contributed by atoms with Crippen LogP contribution in [0.5, 0.6) is 0 Å². The third-order valence-corrected chi connectivity index (χ3v) is 8.41. The van der Waals surface area contributed by atoms with Crippen LogP contribution in [0.2, 0.25) is 0 Å². The first-order chi connectivity index (χ1) is 18.3. The third kappa shape index (κ3) is 3.56. The summed E-state index contributed by atoms with van der Waals surface area (Å²) in [6.45, 7) is 2.62. The Kier molecular flexibility index (Phi) is 5.67. The number of fused-ring (bicyclic) bond motifs is 3. The van der Waals surface area contributed by atoms with Crippen molar-refractivity contribution >= 4 is 34.3 Å². The molecule has 9 nitrogen and oxygen atoms in total. The van der Waals surface area contributed by atoms with E-state index in [1.807, 2.05) is 6.07 Å². The van der Waals surface area contributed by atoms with Gasteiger partial charge in [-0.2, -0.15) is 10.4 Å². The predicted octanol–water partition coefficient (Wildman–Crippen LogP) is 3.05. The molecule has 3 aliphatic rings. The molecule has 0 radical (unpaired) electrons. The van der Waals surface area contributed by atoms with Crippen molar-refractivity contribution in [3.63, 3.8) is 0 Å². The van der Waals surface area contributed by atoms with E-state index in [9.17, 15) is 24.0 Å². The summed E-state index contributed by atoms with van der Waals surface area (Å²) >= 11 is 0. The van der Waals surface area contributed by atoms with Gasteiger partial charge < -0.3 is 14.7 Å². The molecule has 2 saturated heterocycles. The topological polar surface area (TPSA) is 113 Å². The Morgan fingerprint density at radius 1 is 1.21 bits per heavy atom. The van der Waals surface area contributed by atoms with Crippen LogP contribution >= 0.6 is 0 Å². The number of nitrogens with one attached hydrogen (secondary N) is 1. The molecule has 3 aromatic rings. The summed E-state index contributed by atoms with van der Waals surface area (Å²) in [7, 11) is 0. The molecule has 1 unspecified atom stereocenters. The quantitative estimate of drug-likeness (QED) is 0.577. The number of halogens is 1. The number of aromatic amines is 1. The summed E-state index contributed by atoms with van der Waals surface area (Å²) in [6.07, 6.45) is 3.70. The van der Waals surface area contributed by atoms with Crippen molar-refractivity contribution in [1.82, 2.24) is 20.0 Å². The van der Waals surface area contributed by atoms with Gasteiger partial charge in [-0.3, -0.25) is 19.5 Å². The van der Waals surface area contributed by atoms with Gasteiger partial charge in [-0.15, -0.1) is 0 Å². The normalized spacial score (nSPS) is 20.3. The molecule has 0 saturated carbocycles. The van der Waals surface area contributed by atoms with Crippen molar-refractivity contribution in [2.24, 2.45) is 0 Å². The first-order valence-electron chi connectivity index (χ1n) is 12.9. The molecule has 1 aromatic heterocycles. The number of anilines is 1. The fourth-order valence-electron chi connectivity index (χ4n) is 6.37. The van der Waals surface area contributed by atoms with Gasteiger partial charge in [0.1, 0.15) is 18.4 Å². The summed E-state index contributed by atoms with van der Waals surface area (Å²) < 4.78 is 14.8. The van der Waals surface area contributed by atoms with Crippen LogP contribution in [-0.2, 0) is 15.0 Å². The second-order valence-electron chi connectivity index (χ2n) is 10.4. The van der Waals surface area contributed by atoms with Crippen molar-refractivity contribution in [1.29, 1.82) is 5.26 Å². The molecule has 194 valence electrons. The van der Waals surface area contributed by atoms with E-state index in [4.69, 9.17) is 0 Å². The maximum atomic E-state index is 14.8. The highest BCUT2D eigenvalue weighted by molar-refractivity contribution is 6.11. The molecule has 1 N–H and O–H groups in total. The molecule has 0 aliphatic carbocycles. The molecule has 3 amide bonds. The van der Waals surface area contributed by atoms with Crippen LogP contribution in [0.25, 0.3) is 10.9 Å². The molecule has 0 bridgehead atoms. The second-order valence-corrected chi connectivity index (χ2v) is 10.4. The molecule has 4 heterocycles. The molecular weight excluding hydrogens is 487 g/mol. The lowest BCUT2D eigenvalue weighted by Gasteiger charge is -2.39. The number of hydrogen-bond acceptors (Lipinski definition) is 5. The van der Waals surface area contributed by atoms with Crippen molar-refractivity contribution in [3.8, 4) is 6.07 Å². The minimum absolute atomic E-state index is 0.131. The molecule has 6 rings (SSSR count). The number of piperidine rings is 1. The fraction of sp³-hybridized carbons (Fsp3) is 0.393. The number of amides is 3. The number of nitrogens with zero attached hydrogens (tertiary/aromatic N) is 5. The van der Waals surface area contributed by atoms with Crippen LogP contribution in [-0.4, -0.2) is 69.9 Å². The Morgan fingerprint density at radius 2 is 2.00 bits per heavy atom. The van der Waals surface area contributed by atoms with E-state index in [-0.39, 0.29) is 24.3 Å². The number of likely N-dealkylation sites (tertiary alicyclic amines) is 2. The van der Waals surface area contributed by atoms with Gasteiger partial charge in [0.2, 0.25) is 11.8 Å². The highest BCUT2D eigenvalue weighted by Crippen LogP contribution is 2.50. The van der Waals surface area contributed by atoms with Gasteiger partial charge >= 0.3 is 0 Å². The number of carbonyl (C=O) groups excluding carboxylic acids is 3. The van der Waals surface area contributed by atoms with Gasteiger partial charge in [0.05, 0.1) is 23.2 Å². The van der Waals surface area contributed by atoms with Crippen LogP contribution in [0, 0.1) is 24.1 Å². The van der Waals surface area contributed by atoms with E-state index >= 15 is 0 Å². The summed E-state index contributed by atoms with van der Waals surface area (Å²) in [6, 6.07) is 9.94. The maximum absolute atomic E-state index is 14.8. The monoisotopic (exact) mass is 514 g/mol. The number of aromatic nitrogens is 2. The molecule has 1 spiro atoms. The average Bonchev–Trinajstić information content (AvgIpc) is 3.65. The number of nitriles is 1. The van der Waals surface area contributed by atoms with E-state index in [0.29, 0.717) is 61.3 Å². The molecule has 1 atom stereocenters. The van der Waals surface area contributed by atoms with Crippen molar-refractivity contribution < 1.29 is 18.8 Å².